The molecule has 1 aromatic carbocycles. The number of aryl methyl sites for hydroxylation is 3. The highest BCUT2D eigenvalue weighted by Crippen LogP contribution is 2.26. The zero-order chi connectivity index (χ0) is 24.4. The van der Waals surface area contributed by atoms with Gasteiger partial charge in [-0.2, -0.15) is 9.03 Å². The van der Waals surface area contributed by atoms with E-state index in [9.17, 15) is 21.6 Å². The molecule has 12 heteroatoms. The zero-order valence-corrected chi connectivity index (χ0v) is 20.8. The van der Waals surface area contributed by atoms with Crippen LogP contribution in [0.3, 0.4) is 0 Å². The van der Waals surface area contributed by atoms with Gasteiger partial charge in [-0.05, 0) is 58.2 Å². The van der Waals surface area contributed by atoms with Gasteiger partial charge in [0.1, 0.15) is 10.6 Å². The van der Waals surface area contributed by atoms with Gasteiger partial charge in [0.15, 0.2) is 5.76 Å². The van der Waals surface area contributed by atoms with Crippen LogP contribution < -0.4 is 10.0 Å². The second kappa shape index (κ2) is 9.92. The zero-order valence-electron chi connectivity index (χ0n) is 19.2. The molecule has 2 heterocycles. The lowest BCUT2D eigenvalue weighted by molar-refractivity contribution is -0.117. The Morgan fingerprint density at radius 2 is 1.70 bits per heavy atom. The van der Waals surface area contributed by atoms with Crippen molar-refractivity contribution in [1.29, 1.82) is 0 Å². The Morgan fingerprint density at radius 3 is 2.27 bits per heavy atom. The topological polar surface area (TPSA) is 139 Å². The number of benzene rings is 1. The van der Waals surface area contributed by atoms with Gasteiger partial charge < -0.3 is 9.84 Å². The largest absolute Gasteiger partial charge is 0.360 e. The van der Waals surface area contributed by atoms with E-state index in [0.717, 1.165) is 25.7 Å². The molecular formula is C21H30N4O6S2. The number of nitrogens with zero attached hydrogens (tertiary/aromatic N) is 2. The Labute approximate surface area is 194 Å². The van der Waals surface area contributed by atoms with Crippen LogP contribution >= 0.6 is 0 Å². The second-order valence-electron chi connectivity index (χ2n) is 8.28. The molecule has 1 aliphatic rings. The van der Waals surface area contributed by atoms with Gasteiger partial charge in [-0.15, -0.1) is 0 Å². The van der Waals surface area contributed by atoms with Crippen LogP contribution in [0, 0.1) is 20.8 Å². The van der Waals surface area contributed by atoms with Crippen molar-refractivity contribution in [3.63, 3.8) is 0 Å². The summed E-state index contributed by atoms with van der Waals surface area (Å²) in [4.78, 5) is 12.7. The molecule has 182 valence electrons. The summed E-state index contributed by atoms with van der Waals surface area (Å²) in [6.07, 6.45) is 3.64. The minimum absolute atomic E-state index is 0.108. The van der Waals surface area contributed by atoms with Crippen molar-refractivity contribution in [1.82, 2.24) is 14.2 Å². The number of hydrogen-bond donors (Lipinski definition) is 2. The van der Waals surface area contributed by atoms with Gasteiger partial charge >= 0.3 is 0 Å². The molecule has 1 aromatic heterocycles. The first-order chi connectivity index (χ1) is 15.4. The molecule has 0 aliphatic carbocycles. The van der Waals surface area contributed by atoms with Crippen molar-refractivity contribution in [2.75, 3.05) is 18.4 Å². The molecule has 1 saturated heterocycles. The standard InChI is InChI=1S/C21H30N4O6S2/c1-14-9-10-18(13-19(14)33(29,30)25-11-7-5-6-8-12-25)22-21(26)16(3)24-32(27,28)20-15(2)23-31-17(20)4/h9-10,13,16,24H,5-8,11-12H2,1-4H3,(H,22,26)/t16-/m0/s1. The number of hydrogen-bond acceptors (Lipinski definition) is 7. The number of carbonyl (C=O) groups is 1. The fourth-order valence-electron chi connectivity index (χ4n) is 3.83. The number of carbonyl (C=O) groups excluding carboxylic acids is 1. The molecule has 1 amide bonds. The summed E-state index contributed by atoms with van der Waals surface area (Å²) in [5, 5.41) is 6.24. The van der Waals surface area contributed by atoms with Crippen molar-refractivity contribution in [2.24, 2.45) is 0 Å². The molecule has 1 fully saturated rings. The Morgan fingerprint density at radius 1 is 1.06 bits per heavy atom. The van der Waals surface area contributed by atoms with Gasteiger partial charge in [0.25, 0.3) is 0 Å². The summed E-state index contributed by atoms with van der Waals surface area (Å²) in [5.74, 6) is -0.512. The molecule has 0 bridgehead atoms. The predicted molar refractivity (Wildman–Crippen MR) is 123 cm³/mol. The van der Waals surface area contributed by atoms with Crippen LogP contribution in [-0.4, -0.2) is 51.3 Å². The molecule has 10 nitrogen and oxygen atoms in total. The molecule has 1 aliphatic heterocycles. The quantitative estimate of drug-likeness (QED) is 0.598. The monoisotopic (exact) mass is 498 g/mol. The maximum atomic E-state index is 13.2. The number of sulfonamides is 2. The van der Waals surface area contributed by atoms with Gasteiger partial charge in [0, 0.05) is 18.8 Å². The first kappa shape index (κ1) is 25.3. The molecule has 2 aromatic rings. The van der Waals surface area contributed by atoms with E-state index in [0.29, 0.717) is 18.7 Å². The molecular weight excluding hydrogens is 468 g/mol. The van der Waals surface area contributed by atoms with E-state index in [-0.39, 0.29) is 26.9 Å². The van der Waals surface area contributed by atoms with Crippen LogP contribution in [-0.2, 0) is 24.8 Å². The fraction of sp³-hybridized carbons (Fsp3) is 0.524. The molecule has 0 radical (unpaired) electrons. The first-order valence-electron chi connectivity index (χ1n) is 10.8. The van der Waals surface area contributed by atoms with Crippen molar-refractivity contribution in [3.8, 4) is 0 Å². The van der Waals surface area contributed by atoms with Crippen LogP contribution in [0.4, 0.5) is 5.69 Å². The van der Waals surface area contributed by atoms with Gasteiger partial charge in [-0.25, -0.2) is 16.8 Å². The summed E-state index contributed by atoms with van der Waals surface area (Å²) in [6, 6.07) is 3.50. The van der Waals surface area contributed by atoms with E-state index in [1.54, 1.807) is 19.1 Å². The number of rotatable bonds is 7. The van der Waals surface area contributed by atoms with Gasteiger partial charge in [0.05, 0.1) is 10.9 Å². The highest BCUT2D eigenvalue weighted by atomic mass is 32.2. The third-order valence-corrected chi connectivity index (χ3v) is 9.43. The predicted octanol–water partition coefficient (Wildman–Crippen LogP) is 2.47. The maximum Gasteiger partial charge on any atom is 0.246 e. The Kier molecular flexibility index (Phi) is 7.62. The lowest BCUT2D eigenvalue weighted by Gasteiger charge is -2.22. The summed E-state index contributed by atoms with van der Waals surface area (Å²) < 4.78 is 60.5. The van der Waals surface area contributed by atoms with Crippen LogP contribution in [0.25, 0.3) is 0 Å². The minimum atomic E-state index is -4.04. The molecule has 33 heavy (non-hydrogen) atoms. The van der Waals surface area contributed by atoms with Gasteiger partial charge in [0.2, 0.25) is 26.0 Å². The molecule has 0 unspecified atom stereocenters. The number of amides is 1. The van der Waals surface area contributed by atoms with E-state index in [1.165, 1.54) is 31.1 Å². The van der Waals surface area contributed by atoms with Crippen LogP contribution in [0.2, 0.25) is 0 Å². The average molecular weight is 499 g/mol. The van der Waals surface area contributed by atoms with E-state index in [4.69, 9.17) is 4.52 Å². The highest BCUT2D eigenvalue weighted by molar-refractivity contribution is 7.89. The summed E-state index contributed by atoms with van der Waals surface area (Å²) in [6.45, 7) is 7.01. The Bertz CT molecular complexity index is 1210. The van der Waals surface area contributed by atoms with Crippen molar-refractivity contribution in [3.05, 3.63) is 35.2 Å². The number of aromatic nitrogens is 1. The fourth-order valence-corrected chi connectivity index (χ4v) is 7.13. The third kappa shape index (κ3) is 5.62. The van der Waals surface area contributed by atoms with Gasteiger partial charge in [-0.3, -0.25) is 4.79 Å². The Hall–Kier alpha value is -2.28. The van der Waals surface area contributed by atoms with Crippen molar-refractivity contribution in [2.45, 2.75) is 69.2 Å². The van der Waals surface area contributed by atoms with Crippen LogP contribution in [0.5, 0.6) is 0 Å². The second-order valence-corrected chi connectivity index (χ2v) is 11.8. The third-order valence-electron chi connectivity index (χ3n) is 5.60. The van der Waals surface area contributed by atoms with E-state index >= 15 is 0 Å². The summed E-state index contributed by atoms with van der Waals surface area (Å²) in [5.41, 5.74) is 1.03. The lowest BCUT2D eigenvalue weighted by Crippen LogP contribution is -2.41. The van der Waals surface area contributed by atoms with Gasteiger partial charge in [-0.1, -0.05) is 24.1 Å². The molecule has 1 atom stereocenters. The molecule has 0 saturated carbocycles. The van der Waals surface area contributed by atoms with Crippen molar-refractivity contribution >= 4 is 31.6 Å². The van der Waals surface area contributed by atoms with E-state index in [1.807, 2.05) is 0 Å². The van der Waals surface area contributed by atoms with Crippen LogP contribution in [0.15, 0.2) is 32.5 Å². The van der Waals surface area contributed by atoms with Crippen LogP contribution in [0.1, 0.15) is 49.6 Å². The van der Waals surface area contributed by atoms with Crippen molar-refractivity contribution < 1.29 is 26.2 Å². The molecule has 3 rings (SSSR count). The summed E-state index contributed by atoms with van der Waals surface area (Å²) >= 11 is 0. The molecule has 2 N–H and O–H groups in total. The minimum Gasteiger partial charge on any atom is -0.360 e. The smallest absolute Gasteiger partial charge is 0.246 e. The normalized spacial score (nSPS) is 16.8. The van der Waals surface area contributed by atoms with E-state index < -0.39 is 32.0 Å². The Balaban J connectivity index is 1.77. The average Bonchev–Trinajstić information content (AvgIpc) is 2.93. The lowest BCUT2D eigenvalue weighted by atomic mass is 10.2. The number of anilines is 1. The maximum absolute atomic E-state index is 13.2. The highest BCUT2D eigenvalue weighted by Gasteiger charge is 2.29. The SMILES string of the molecule is Cc1ccc(NC(=O)[C@H](C)NS(=O)(=O)c2c(C)noc2C)cc1S(=O)(=O)N1CCCCCC1. The van der Waals surface area contributed by atoms with E-state index in [2.05, 4.69) is 15.2 Å². The number of nitrogens with one attached hydrogen (secondary N) is 2. The summed E-state index contributed by atoms with van der Waals surface area (Å²) in [7, 11) is -7.75. The first-order valence-corrected chi connectivity index (χ1v) is 13.7. The molecule has 0 spiro atoms.